The molecule has 1 N–H and O–H groups in total. The fourth-order valence-corrected chi connectivity index (χ4v) is 4.25. The average molecular weight is 386 g/mol. The molecule has 3 aromatic rings. The Labute approximate surface area is 159 Å². The average Bonchev–Trinajstić information content (AvgIpc) is 3.07. The number of piperazine rings is 1. The summed E-state index contributed by atoms with van der Waals surface area (Å²) in [4.78, 5) is 36.2. The van der Waals surface area contributed by atoms with Gasteiger partial charge in [0.15, 0.2) is 0 Å². The number of carbonyl (C=O) groups excluding carboxylic acids is 1. The van der Waals surface area contributed by atoms with Gasteiger partial charge in [-0.3, -0.25) is 14.5 Å². The first-order valence-corrected chi connectivity index (χ1v) is 9.58. The summed E-state index contributed by atoms with van der Waals surface area (Å²) >= 11 is 1.35. The number of rotatable bonds is 3. The molecule has 0 unspecified atom stereocenters. The number of amides is 1. The number of halogens is 1. The Morgan fingerprint density at radius 3 is 2.59 bits per heavy atom. The van der Waals surface area contributed by atoms with Gasteiger partial charge in [0.25, 0.3) is 5.56 Å². The topological polar surface area (TPSA) is 69.3 Å². The smallest absolute Gasteiger partial charge is 0.268 e. The number of aromatic amines is 1. The van der Waals surface area contributed by atoms with Crippen LogP contribution in [0.4, 0.5) is 4.39 Å². The summed E-state index contributed by atoms with van der Waals surface area (Å²) in [5.74, 6) is 0.421. The number of hydrogen-bond donors (Lipinski definition) is 1. The highest BCUT2D eigenvalue weighted by atomic mass is 32.1. The zero-order valence-electron chi connectivity index (χ0n) is 14.9. The summed E-state index contributed by atoms with van der Waals surface area (Å²) < 4.78 is 13.7. The third-order valence-electron chi connectivity index (χ3n) is 4.75. The molecule has 1 saturated heterocycles. The van der Waals surface area contributed by atoms with Gasteiger partial charge in [0.05, 0.1) is 12.1 Å². The minimum absolute atomic E-state index is 0.0918. The van der Waals surface area contributed by atoms with E-state index in [1.807, 2.05) is 11.0 Å². The number of H-pyrrole nitrogens is 1. The molecule has 8 heteroatoms. The highest BCUT2D eigenvalue weighted by Crippen LogP contribution is 2.30. The van der Waals surface area contributed by atoms with Gasteiger partial charge in [-0.15, -0.1) is 11.3 Å². The summed E-state index contributed by atoms with van der Waals surface area (Å²) in [5.41, 5.74) is 1.36. The number of benzene rings is 1. The van der Waals surface area contributed by atoms with Gasteiger partial charge >= 0.3 is 0 Å². The SMILES string of the molecule is CC(=O)N1CCN(Cc2nc3cc(-c4ccc(F)cc4)sc3c(=O)[nH]2)CC1. The van der Waals surface area contributed by atoms with Crippen molar-refractivity contribution in [3.8, 4) is 10.4 Å². The highest BCUT2D eigenvalue weighted by Gasteiger charge is 2.19. The molecule has 4 rings (SSSR count). The number of carbonyl (C=O) groups is 1. The normalized spacial score (nSPS) is 15.4. The van der Waals surface area contributed by atoms with Crippen LogP contribution in [-0.2, 0) is 11.3 Å². The van der Waals surface area contributed by atoms with Crippen LogP contribution in [-0.4, -0.2) is 51.9 Å². The van der Waals surface area contributed by atoms with Crippen molar-refractivity contribution in [1.29, 1.82) is 0 Å². The molecule has 3 heterocycles. The summed E-state index contributed by atoms with van der Waals surface area (Å²) in [6.07, 6.45) is 0. The van der Waals surface area contributed by atoms with E-state index in [0.29, 0.717) is 35.7 Å². The fourth-order valence-electron chi connectivity index (χ4n) is 3.25. The van der Waals surface area contributed by atoms with E-state index in [9.17, 15) is 14.0 Å². The Morgan fingerprint density at radius 2 is 1.93 bits per heavy atom. The Bertz CT molecular complexity index is 1040. The first-order chi connectivity index (χ1) is 13.0. The van der Waals surface area contributed by atoms with Gasteiger partial charge < -0.3 is 9.88 Å². The van der Waals surface area contributed by atoms with E-state index in [1.54, 1.807) is 19.1 Å². The summed E-state index contributed by atoms with van der Waals surface area (Å²) in [5, 5.41) is 0. The second kappa shape index (κ2) is 7.21. The third kappa shape index (κ3) is 3.77. The molecule has 0 bridgehead atoms. The van der Waals surface area contributed by atoms with Gasteiger partial charge in [0.1, 0.15) is 16.3 Å². The molecule has 0 saturated carbocycles. The maximum Gasteiger partial charge on any atom is 0.268 e. The fraction of sp³-hybridized carbons (Fsp3) is 0.316. The molecule has 0 spiro atoms. The number of fused-ring (bicyclic) bond motifs is 1. The number of aromatic nitrogens is 2. The van der Waals surface area contributed by atoms with Crippen LogP contribution in [0.2, 0.25) is 0 Å². The van der Waals surface area contributed by atoms with Crippen molar-refractivity contribution in [3.63, 3.8) is 0 Å². The lowest BCUT2D eigenvalue weighted by Gasteiger charge is -2.33. The van der Waals surface area contributed by atoms with Crippen LogP contribution in [0.15, 0.2) is 35.1 Å². The van der Waals surface area contributed by atoms with Crippen LogP contribution in [0.25, 0.3) is 20.7 Å². The minimum Gasteiger partial charge on any atom is -0.340 e. The zero-order chi connectivity index (χ0) is 19.0. The molecule has 1 aliphatic rings. The van der Waals surface area contributed by atoms with Crippen molar-refractivity contribution in [1.82, 2.24) is 19.8 Å². The monoisotopic (exact) mass is 386 g/mol. The first-order valence-electron chi connectivity index (χ1n) is 8.76. The van der Waals surface area contributed by atoms with Crippen LogP contribution in [0.5, 0.6) is 0 Å². The summed E-state index contributed by atoms with van der Waals surface area (Å²) in [7, 11) is 0. The molecule has 1 fully saturated rings. The Kier molecular flexibility index (Phi) is 4.75. The molecule has 1 amide bonds. The number of nitrogens with zero attached hydrogens (tertiary/aromatic N) is 3. The lowest BCUT2D eigenvalue weighted by atomic mass is 10.2. The molecule has 0 aliphatic carbocycles. The molecule has 2 aromatic heterocycles. The van der Waals surface area contributed by atoms with E-state index < -0.39 is 0 Å². The predicted molar refractivity (Wildman–Crippen MR) is 103 cm³/mol. The van der Waals surface area contributed by atoms with Crippen molar-refractivity contribution in [3.05, 3.63) is 52.3 Å². The van der Waals surface area contributed by atoms with Gasteiger partial charge in [-0.1, -0.05) is 12.1 Å². The molecule has 27 heavy (non-hydrogen) atoms. The van der Waals surface area contributed by atoms with Crippen LogP contribution in [0.1, 0.15) is 12.7 Å². The predicted octanol–water partition coefficient (Wildman–Crippen LogP) is 2.45. The molecule has 6 nitrogen and oxygen atoms in total. The van der Waals surface area contributed by atoms with E-state index in [2.05, 4.69) is 14.9 Å². The van der Waals surface area contributed by atoms with Crippen molar-refractivity contribution in [2.45, 2.75) is 13.5 Å². The minimum atomic E-state index is -0.289. The van der Waals surface area contributed by atoms with Crippen LogP contribution < -0.4 is 5.56 Å². The molecule has 140 valence electrons. The van der Waals surface area contributed by atoms with E-state index in [-0.39, 0.29) is 17.3 Å². The maximum absolute atomic E-state index is 13.1. The van der Waals surface area contributed by atoms with E-state index in [4.69, 9.17) is 0 Å². The number of nitrogens with one attached hydrogen (secondary N) is 1. The first kappa shape index (κ1) is 17.8. The number of hydrogen-bond acceptors (Lipinski definition) is 5. The van der Waals surface area contributed by atoms with E-state index in [1.165, 1.54) is 23.5 Å². The van der Waals surface area contributed by atoms with E-state index in [0.717, 1.165) is 23.5 Å². The van der Waals surface area contributed by atoms with Gasteiger partial charge in [0, 0.05) is 38.0 Å². The Morgan fingerprint density at radius 1 is 1.22 bits per heavy atom. The van der Waals surface area contributed by atoms with Crippen LogP contribution in [0.3, 0.4) is 0 Å². The quantitative estimate of drug-likeness (QED) is 0.751. The van der Waals surface area contributed by atoms with Gasteiger partial charge in [-0.2, -0.15) is 0 Å². The largest absolute Gasteiger partial charge is 0.340 e. The maximum atomic E-state index is 13.1. The van der Waals surface area contributed by atoms with E-state index >= 15 is 0 Å². The standard InChI is InChI=1S/C19H19FN4O2S/c1-12(25)24-8-6-23(7-9-24)11-17-21-15-10-16(27-18(15)19(26)22-17)13-2-4-14(20)5-3-13/h2-5,10H,6-9,11H2,1H3,(H,21,22,26). The molecule has 1 aromatic carbocycles. The second-order valence-corrected chi connectivity index (χ2v) is 7.68. The molecule has 1 aliphatic heterocycles. The Hall–Kier alpha value is -2.58. The number of thiophene rings is 1. The molecule has 0 atom stereocenters. The lowest BCUT2D eigenvalue weighted by Crippen LogP contribution is -2.47. The molecular formula is C19H19FN4O2S. The van der Waals surface area contributed by atoms with Crippen LogP contribution in [0, 0.1) is 5.82 Å². The van der Waals surface area contributed by atoms with Crippen molar-refractivity contribution < 1.29 is 9.18 Å². The van der Waals surface area contributed by atoms with Gasteiger partial charge in [-0.05, 0) is 23.8 Å². The molecular weight excluding hydrogens is 367 g/mol. The third-order valence-corrected chi connectivity index (χ3v) is 5.92. The van der Waals surface area contributed by atoms with Crippen molar-refractivity contribution in [2.75, 3.05) is 26.2 Å². The summed E-state index contributed by atoms with van der Waals surface area (Å²) in [6.45, 7) is 5.01. The Balaban J connectivity index is 1.56. The molecule has 0 radical (unpaired) electrons. The highest BCUT2D eigenvalue weighted by molar-refractivity contribution is 7.22. The van der Waals surface area contributed by atoms with Crippen molar-refractivity contribution in [2.24, 2.45) is 0 Å². The summed E-state index contributed by atoms with van der Waals surface area (Å²) in [6, 6.07) is 8.08. The van der Waals surface area contributed by atoms with Gasteiger partial charge in [-0.25, -0.2) is 9.37 Å². The van der Waals surface area contributed by atoms with Crippen molar-refractivity contribution >= 4 is 27.5 Å². The van der Waals surface area contributed by atoms with Gasteiger partial charge in [0.2, 0.25) is 5.91 Å². The zero-order valence-corrected chi connectivity index (χ0v) is 15.7. The lowest BCUT2D eigenvalue weighted by molar-refractivity contribution is -0.130. The van der Waals surface area contributed by atoms with Crippen LogP contribution >= 0.6 is 11.3 Å². The second-order valence-electron chi connectivity index (χ2n) is 6.63.